The Hall–Kier alpha value is -2.80. The molecular formula is C20H20BrN3O3. The number of benzene rings is 2. The molecule has 0 spiro atoms. The zero-order valence-corrected chi connectivity index (χ0v) is 16.2. The Morgan fingerprint density at radius 3 is 2.41 bits per heavy atom. The maximum atomic E-state index is 12.0. The van der Waals surface area contributed by atoms with Gasteiger partial charge in [-0.25, -0.2) is 4.79 Å². The molecule has 27 heavy (non-hydrogen) atoms. The Morgan fingerprint density at radius 2 is 1.81 bits per heavy atom. The Morgan fingerprint density at radius 1 is 1.11 bits per heavy atom. The maximum absolute atomic E-state index is 12.0. The van der Waals surface area contributed by atoms with E-state index >= 15 is 0 Å². The quantitative estimate of drug-likeness (QED) is 0.760. The Labute approximate surface area is 166 Å². The van der Waals surface area contributed by atoms with Crippen molar-refractivity contribution in [2.24, 2.45) is 5.73 Å². The molecule has 0 atom stereocenters. The van der Waals surface area contributed by atoms with Gasteiger partial charge in [-0.1, -0.05) is 34.1 Å². The van der Waals surface area contributed by atoms with E-state index in [4.69, 9.17) is 10.5 Å². The number of hydrogen-bond donors (Lipinski definition) is 2. The molecule has 7 heteroatoms. The van der Waals surface area contributed by atoms with Crippen molar-refractivity contribution in [1.29, 1.82) is 0 Å². The lowest BCUT2D eigenvalue weighted by atomic mass is 9.99. The average Bonchev–Trinajstić information content (AvgIpc) is 2.69. The largest absolute Gasteiger partial charge is 0.484 e. The van der Waals surface area contributed by atoms with Gasteiger partial charge in [-0.15, -0.1) is 0 Å². The standard InChI is InChI=1S/C20H20BrN3O3/c21-16-3-5-17(6-4-16)23-19(25)13-27-18-7-1-14(2-8-18)15-9-11-24(12-10-15)20(22)26/h1-9H,10-13H2,(H2,22,26)(H,23,25). The lowest BCUT2D eigenvalue weighted by Crippen LogP contribution is -2.38. The first kappa shape index (κ1) is 19.0. The molecule has 140 valence electrons. The van der Waals surface area contributed by atoms with Gasteiger partial charge in [0.1, 0.15) is 5.75 Å². The number of ether oxygens (including phenoxy) is 1. The van der Waals surface area contributed by atoms with Crippen molar-refractivity contribution in [3.63, 3.8) is 0 Å². The minimum absolute atomic E-state index is 0.0638. The molecule has 0 aliphatic carbocycles. The van der Waals surface area contributed by atoms with E-state index in [1.807, 2.05) is 54.6 Å². The summed E-state index contributed by atoms with van der Waals surface area (Å²) in [5.41, 5.74) is 8.26. The molecule has 3 N–H and O–H groups in total. The lowest BCUT2D eigenvalue weighted by molar-refractivity contribution is -0.118. The second-order valence-corrected chi connectivity index (χ2v) is 7.05. The molecule has 2 aromatic rings. The van der Waals surface area contributed by atoms with Crippen molar-refractivity contribution in [1.82, 2.24) is 4.90 Å². The number of primary amides is 1. The Bertz CT molecular complexity index is 848. The molecule has 0 radical (unpaired) electrons. The van der Waals surface area contributed by atoms with Crippen LogP contribution < -0.4 is 15.8 Å². The number of nitrogens with one attached hydrogen (secondary N) is 1. The Balaban J connectivity index is 1.51. The van der Waals surface area contributed by atoms with Gasteiger partial charge in [0.05, 0.1) is 0 Å². The van der Waals surface area contributed by atoms with E-state index in [1.165, 1.54) is 5.57 Å². The molecule has 6 nitrogen and oxygen atoms in total. The number of rotatable bonds is 5. The fraction of sp³-hybridized carbons (Fsp3) is 0.200. The fourth-order valence-corrected chi connectivity index (χ4v) is 3.04. The first-order chi connectivity index (χ1) is 13.0. The number of amides is 3. The van der Waals surface area contributed by atoms with Gasteiger partial charge >= 0.3 is 6.03 Å². The van der Waals surface area contributed by atoms with Crippen molar-refractivity contribution in [3.05, 3.63) is 64.6 Å². The van der Waals surface area contributed by atoms with E-state index in [2.05, 4.69) is 21.2 Å². The van der Waals surface area contributed by atoms with Crippen LogP contribution in [0.2, 0.25) is 0 Å². The number of carbonyl (C=O) groups excluding carboxylic acids is 2. The fourth-order valence-electron chi connectivity index (χ4n) is 2.78. The monoisotopic (exact) mass is 429 g/mol. The SMILES string of the molecule is NC(=O)N1CC=C(c2ccc(OCC(=O)Nc3ccc(Br)cc3)cc2)CC1. The highest BCUT2D eigenvalue weighted by molar-refractivity contribution is 9.10. The number of anilines is 1. The molecule has 2 aromatic carbocycles. The summed E-state index contributed by atoms with van der Waals surface area (Å²) < 4.78 is 6.50. The molecule has 0 bridgehead atoms. The van der Waals surface area contributed by atoms with Crippen LogP contribution in [0, 0.1) is 0 Å². The molecular weight excluding hydrogens is 410 g/mol. The van der Waals surface area contributed by atoms with E-state index in [0.29, 0.717) is 18.8 Å². The van der Waals surface area contributed by atoms with Crippen molar-refractivity contribution in [3.8, 4) is 5.75 Å². The normalized spacial score (nSPS) is 13.7. The maximum Gasteiger partial charge on any atom is 0.315 e. The summed E-state index contributed by atoms with van der Waals surface area (Å²) in [6.45, 7) is 1.08. The van der Waals surface area contributed by atoms with Crippen molar-refractivity contribution < 1.29 is 14.3 Å². The third-order valence-corrected chi connectivity index (χ3v) is 4.77. The molecule has 0 fully saturated rings. The van der Waals surface area contributed by atoms with Crippen LogP contribution in [0.1, 0.15) is 12.0 Å². The number of urea groups is 1. The lowest BCUT2D eigenvalue weighted by Gasteiger charge is -2.24. The predicted molar refractivity (Wildman–Crippen MR) is 108 cm³/mol. The molecule has 0 aromatic heterocycles. The topological polar surface area (TPSA) is 84.7 Å². The van der Waals surface area contributed by atoms with Crippen LogP contribution in [0.4, 0.5) is 10.5 Å². The third-order valence-electron chi connectivity index (χ3n) is 4.24. The molecule has 3 rings (SSSR count). The van der Waals surface area contributed by atoms with Crippen LogP contribution >= 0.6 is 15.9 Å². The minimum atomic E-state index is -0.393. The van der Waals surface area contributed by atoms with Crippen LogP contribution in [0.25, 0.3) is 5.57 Å². The summed E-state index contributed by atoms with van der Waals surface area (Å²) >= 11 is 3.35. The molecule has 1 aliphatic rings. The summed E-state index contributed by atoms with van der Waals surface area (Å²) in [6, 6.07) is 14.5. The third kappa shape index (κ3) is 5.34. The molecule has 3 amide bonds. The smallest absolute Gasteiger partial charge is 0.315 e. The molecule has 1 heterocycles. The highest BCUT2D eigenvalue weighted by Crippen LogP contribution is 2.24. The highest BCUT2D eigenvalue weighted by atomic mass is 79.9. The van der Waals surface area contributed by atoms with Crippen LogP contribution in [-0.2, 0) is 4.79 Å². The van der Waals surface area contributed by atoms with Gasteiger partial charge in [-0.2, -0.15) is 0 Å². The Kier molecular flexibility index (Phi) is 6.13. The van der Waals surface area contributed by atoms with Crippen molar-refractivity contribution in [2.45, 2.75) is 6.42 Å². The van der Waals surface area contributed by atoms with Crippen LogP contribution in [0.5, 0.6) is 5.75 Å². The van der Waals surface area contributed by atoms with Crippen molar-refractivity contribution in [2.75, 3.05) is 25.0 Å². The zero-order valence-electron chi connectivity index (χ0n) is 14.7. The van der Waals surface area contributed by atoms with Crippen LogP contribution in [-0.4, -0.2) is 36.5 Å². The summed E-state index contributed by atoms with van der Waals surface area (Å²) in [7, 11) is 0. The van der Waals surface area contributed by atoms with Gasteiger partial charge in [0.2, 0.25) is 0 Å². The number of nitrogens with two attached hydrogens (primary N) is 1. The minimum Gasteiger partial charge on any atom is -0.484 e. The highest BCUT2D eigenvalue weighted by Gasteiger charge is 2.15. The zero-order chi connectivity index (χ0) is 19.2. The molecule has 0 saturated carbocycles. The number of hydrogen-bond acceptors (Lipinski definition) is 3. The van der Waals surface area contributed by atoms with Gasteiger partial charge < -0.3 is 20.7 Å². The van der Waals surface area contributed by atoms with E-state index in [1.54, 1.807) is 4.90 Å². The second-order valence-electron chi connectivity index (χ2n) is 6.13. The molecule has 0 saturated heterocycles. The molecule has 0 unspecified atom stereocenters. The van der Waals surface area contributed by atoms with Gasteiger partial charge in [0.15, 0.2) is 6.61 Å². The van der Waals surface area contributed by atoms with Crippen LogP contribution in [0.3, 0.4) is 0 Å². The summed E-state index contributed by atoms with van der Waals surface area (Å²) in [4.78, 5) is 24.7. The van der Waals surface area contributed by atoms with Gasteiger partial charge in [-0.3, -0.25) is 4.79 Å². The average molecular weight is 430 g/mol. The summed E-state index contributed by atoms with van der Waals surface area (Å²) in [5.74, 6) is 0.405. The number of nitrogens with zero attached hydrogens (tertiary/aromatic N) is 1. The van der Waals surface area contributed by atoms with Crippen LogP contribution in [0.15, 0.2) is 59.1 Å². The summed E-state index contributed by atoms with van der Waals surface area (Å²) in [5, 5.41) is 2.78. The van der Waals surface area contributed by atoms with E-state index in [9.17, 15) is 9.59 Å². The first-order valence-corrected chi connectivity index (χ1v) is 9.32. The predicted octanol–water partition coefficient (Wildman–Crippen LogP) is 3.63. The van der Waals surface area contributed by atoms with Gasteiger partial charge in [0, 0.05) is 23.2 Å². The van der Waals surface area contributed by atoms with Gasteiger partial charge in [0.25, 0.3) is 5.91 Å². The second kappa shape index (κ2) is 8.73. The van der Waals surface area contributed by atoms with Gasteiger partial charge in [-0.05, 0) is 54.0 Å². The van der Waals surface area contributed by atoms with E-state index in [-0.39, 0.29) is 12.5 Å². The van der Waals surface area contributed by atoms with E-state index < -0.39 is 6.03 Å². The van der Waals surface area contributed by atoms with E-state index in [0.717, 1.165) is 22.1 Å². The number of carbonyl (C=O) groups is 2. The number of halogens is 1. The molecule has 1 aliphatic heterocycles. The summed E-state index contributed by atoms with van der Waals surface area (Å²) in [6.07, 6.45) is 2.77. The van der Waals surface area contributed by atoms with Crippen molar-refractivity contribution >= 4 is 39.1 Å². The first-order valence-electron chi connectivity index (χ1n) is 8.53.